The van der Waals surface area contributed by atoms with E-state index < -0.39 is 11.8 Å². The monoisotopic (exact) mass is 435 g/mol. The van der Waals surface area contributed by atoms with E-state index in [0.717, 1.165) is 11.1 Å². The minimum atomic E-state index is -0.842. The quantitative estimate of drug-likeness (QED) is 0.331. The van der Waals surface area contributed by atoms with Crippen LogP contribution in [0, 0.1) is 0 Å². The molecule has 0 aliphatic heterocycles. The second kappa shape index (κ2) is 10.9. The van der Waals surface area contributed by atoms with Gasteiger partial charge in [0.2, 0.25) is 0 Å². The Labute approximate surface area is 185 Å². The van der Waals surface area contributed by atoms with Gasteiger partial charge in [-0.05, 0) is 36.2 Å². The topological polar surface area (TPSA) is 79.8 Å². The summed E-state index contributed by atoms with van der Waals surface area (Å²) in [5, 5.41) is 7.13. The molecule has 0 aliphatic carbocycles. The van der Waals surface area contributed by atoms with Crippen molar-refractivity contribution in [3.05, 3.63) is 101 Å². The van der Waals surface area contributed by atoms with Gasteiger partial charge in [-0.3, -0.25) is 9.59 Å². The third kappa shape index (κ3) is 6.69. The molecule has 0 aromatic heterocycles. The molecule has 2 amide bonds. The normalized spacial score (nSPS) is 11.7. The molecule has 0 saturated carbocycles. The zero-order chi connectivity index (χ0) is 22.1. The number of hydrazone groups is 1. The first-order valence-electron chi connectivity index (χ1n) is 9.68. The third-order valence-electron chi connectivity index (χ3n) is 4.44. The Bertz CT molecular complexity index is 1070. The summed E-state index contributed by atoms with van der Waals surface area (Å²) >= 11 is 6.14. The minimum absolute atomic E-state index is 0.296. The van der Waals surface area contributed by atoms with Crippen LogP contribution in [0.1, 0.15) is 29.7 Å². The fraction of sp³-hybridized carbons (Fsp3) is 0.125. The van der Waals surface area contributed by atoms with Crippen LogP contribution >= 0.6 is 11.6 Å². The molecule has 3 rings (SSSR count). The van der Waals surface area contributed by atoms with E-state index in [1.165, 1.54) is 6.21 Å². The van der Waals surface area contributed by atoms with Crippen LogP contribution in [-0.2, 0) is 16.2 Å². The number of carbonyl (C=O) groups is 2. The van der Waals surface area contributed by atoms with Crippen molar-refractivity contribution in [2.45, 2.75) is 19.6 Å². The summed E-state index contributed by atoms with van der Waals surface area (Å²) in [6, 6.07) is 23.7. The van der Waals surface area contributed by atoms with Crippen LogP contribution in [0.25, 0.3) is 0 Å². The summed E-state index contributed by atoms with van der Waals surface area (Å²) in [5.41, 5.74) is 4.72. The van der Waals surface area contributed by atoms with E-state index in [4.69, 9.17) is 16.3 Å². The summed E-state index contributed by atoms with van der Waals surface area (Å²) in [4.78, 5) is 24.0. The average molecular weight is 436 g/mol. The van der Waals surface area contributed by atoms with Gasteiger partial charge >= 0.3 is 11.8 Å². The molecule has 31 heavy (non-hydrogen) atoms. The predicted molar refractivity (Wildman–Crippen MR) is 121 cm³/mol. The molecule has 1 atom stereocenters. The van der Waals surface area contributed by atoms with Gasteiger partial charge in [-0.15, -0.1) is 0 Å². The van der Waals surface area contributed by atoms with E-state index in [1.54, 1.807) is 25.1 Å². The van der Waals surface area contributed by atoms with Crippen LogP contribution in [0.15, 0.2) is 84.0 Å². The second-order valence-electron chi connectivity index (χ2n) is 6.76. The highest BCUT2D eigenvalue weighted by Gasteiger charge is 2.16. The van der Waals surface area contributed by atoms with Crippen molar-refractivity contribution in [2.75, 3.05) is 0 Å². The molecule has 0 saturated heterocycles. The van der Waals surface area contributed by atoms with Gasteiger partial charge in [0.25, 0.3) is 0 Å². The molecule has 0 radical (unpaired) electrons. The molecular formula is C24H22ClN3O3. The molecule has 3 aromatic rings. The lowest BCUT2D eigenvalue weighted by Gasteiger charge is -2.13. The highest BCUT2D eigenvalue weighted by molar-refractivity contribution is 6.35. The van der Waals surface area contributed by atoms with Gasteiger partial charge in [0.1, 0.15) is 12.4 Å². The zero-order valence-corrected chi connectivity index (χ0v) is 17.7. The van der Waals surface area contributed by atoms with E-state index in [1.807, 2.05) is 60.7 Å². The van der Waals surface area contributed by atoms with Gasteiger partial charge in [0.05, 0.1) is 12.3 Å². The van der Waals surface area contributed by atoms with Crippen LogP contribution in [0.4, 0.5) is 0 Å². The standard InChI is InChI=1S/C24H22ClN3O3/c1-17(19-9-3-2-4-10-19)27-23(29)24(30)28-26-15-18-8-7-12-21(14-18)31-16-20-11-5-6-13-22(20)25/h2-15,17H,16H2,1H3,(H,27,29)(H,28,30)/b26-15-/t17-/m1/s1. The SMILES string of the molecule is C[C@@H](NC(=O)C(=O)N/N=C\c1cccc(OCc2ccccc2Cl)c1)c1ccccc1. The number of carbonyl (C=O) groups excluding carboxylic acids is 2. The summed E-state index contributed by atoms with van der Waals surface area (Å²) in [7, 11) is 0. The molecule has 0 spiro atoms. The Morgan fingerprint density at radius 1 is 1.00 bits per heavy atom. The Morgan fingerprint density at radius 2 is 1.74 bits per heavy atom. The summed E-state index contributed by atoms with van der Waals surface area (Å²) < 4.78 is 5.77. The Morgan fingerprint density at radius 3 is 2.52 bits per heavy atom. The zero-order valence-electron chi connectivity index (χ0n) is 16.9. The smallest absolute Gasteiger partial charge is 0.329 e. The summed E-state index contributed by atoms with van der Waals surface area (Å²) in [6.45, 7) is 2.13. The molecule has 0 bridgehead atoms. The number of hydrogen-bond acceptors (Lipinski definition) is 4. The average Bonchev–Trinajstić information content (AvgIpc) is 2.79. The van der Waals surface area contributed by atoms with Crippen molar-refractivity contribution in [3.8, 4) is 5.75 Å². The molecule has 3 aromatic carbocycles. The van der Waals surface area contributed by atoms with Gasteiger partial charge < -0.3 is 10.1 Å². The van der Waals surface area contributed by atoms with E-state index >= 15 is 0 Å². The fourth-order valence-electron chi connectivity index (χ4n) is 2.76. The van der Waals surface area contributed by atoms with Crippen LogP contribution < -0.4 is 15.5 Å². The number of ether oxygens (including phenoxy) is 1. The fourth-order valence-corrected chi connectivity index (χ4v) is 2.95. The van der Waals surface area contributed by atoms with Crippen LogP contribution in [0.5, 0.6) is 5.75 Å². The summed E-state index contributed by atoms with van der Waals surface area (Å²) in [6.07, 6.45) is 1.44. The van der Waals surface area contributed by atoms with Crippen molar-refractivity contribution in [2.24, 2.45) is 5.10 Å². The number of hydrogen-bond donors (Lipinski definition) is 2. The molecule has 0 unspecified atom stereocenters. The molecule has 2 N–H and O–H groups in total. The third-order valence-corrected chi connectivity index (χ3v) is 4.81. The Balaban J connectivity index is 1.51. The van der Waals surface area contributed by atoms with Gasteiger partial charge in [0, 0.05) is 10.6 Å². The van der Waals surface area contributed by atoms with Gasteiger partial charge in [-0.25, -0.2) is 5.43 Å². The van der Waals surface area contributed by atoms with Gasteiger partial charge in [-0.2, -0.15) is 5.10 Å². The summed E-state index contributed by atoms with van der Waals surface area (Å²) in [5.74, 6) is -0.972. The molecule has 0 aliphatic rings. The van der Waals surface area contributed by atoms with Crippen molar-refractivity contribution in [3.63, 3.8) is 0 Å². The first-order valence-corrected chi connectivity index (χ1v) is 10.1. The number of amides is 2. The number of benzene rings is 3. The van der Waals surface area contributed by atoms with Crippen molar-refractivity contribution in [1.82, 2.24) is 10.7 Å². The molecule has 0 fully saturated rings. The lowest BCUT2D eigenvalue weighted by molar-refractivity contribution is -0.139. The van der Waals surface area contributed by atoms with Gasteiger partial charge in [0.15, 0.2) is 0 Å². The maximum absolute atomic E-state index is 12.0. The maximum Gasteiger partial charge on any atom is 0.329 e. The first-order chi connectivity index (χ1) is 15.0. The lowest BCUT2D eigenvalue weighted by Crippen LogP contribution is -2.39. The molecular weight excluding hydrogens is 414 g/mol. The van der Waals surface area contributed by atoms with Crippen LogP contribution in [-0.4, -0.2) is 18.0 Å². The molecule has 7 heteroatoms. The first kappa shape index (κ1) is 22.1. The van der Waals surface area contributed by atoms with Crippen molar-refractivity contribution >= 4 is 29.6 Å². The van der Waals surface area contributed by atoms with Crippen molar-refractivity contribution in [1.29, 1.82) is 0 Å². The largest absolute Gasteiger partial charge is 0.489 e. The van der Waals surface area contributed by atoms with Crippen LogP contribution in [0.3, 0.4) is 0 Å². The van der Waals surface area contributed by atoms with Crippen molar-refractivity contribution < 1.29 is 14.3 Å². The Hall–Kier alpha value is -3.64. The maximum atomic E-state index is 12.0. The molecule has 0 heterocycles. The molecule has 158 valence electrons. The minimum Gasteiger partial charge on any atom is -0.489 e. The molecule has 6 nitrogen and oxygen atoms in total. The Kier molecular flexibility index (Phi) is 7.79. The van der Waals surface area contributed by atoms with E-state index in [-0.39, 0.29) is 6.04 Å². The number of nitrogens with zero attached hydrogens (tertiary/aromatic N) is 1. The lowest BCUT2D eigenvalue weighted by atomic mass is 10.1. The highest BCUT2D eigenvalue weighted by Crippen LogP contribution is 2.19. The van der Waals surface area contributed by atoms with Gasteiger partial charge in [-0.1, -0.05) is 72.3 Å². The van der Waals surface area contributed by atoms with E-state index in [9.17, 15) is 9.59 Å². The number of halogens is 1. The predicted octanol–water partition coefficient (Wildman–Crippen LogP) is 4.25. The number of rotatable bonds is 7. The number of nitrogens with one attached hydrogen (secondary N) is 2. The van der Waals surface area contributed by atoms with E-state index in [2.05, 4.69) is 15.8 Å². The van der Waals surface area contributed by atoms with E-state index in [0.29, 0.717) is 22.9 Å². The second-order valence-corrected chi connectivity index (χ2v) is 7.16. The highest BCUT2D eigenvalue weighted by atomic mass is 35.5. The van der Waals surface area contributed by atoms with Crippen LogP contribution in [0.2, 0.25) is 5.02 Å².